The van der Waals surface area contributed by atoms with Crippen molar-refractivity contribution in [1.82, 2.24) is 15.2 Å². The smallest absolute Gasteiger partial charge is 0.260 e. The lowest BCUT2D eigenvalue weighted by Crippen LogP contribution is -2.34. The monoisotopic (exact) mass is 365 g/mol. The molecule has 0 radical (unpaired) electrons. The van der Waals surface area contributed by atoms with Crippen molar-refractivity contribution < 1.29 is 14.3 Å². The van der Waals surface area contributed by atoms with Crippen LogP contribution in [0.15, 0.2) is 54.9 Å². The van der Waals surface area contributed by atoms with Crippen molar-refractivity contribution in [3.8, 4) is 5.75 Å². The molecule has 1 N–H and O–H groups in total. The summed E-state index contributed by atoms with van der Waals surface area (Å²) in [5, 5.41) is 3.01. The summed E-state index contributed by atoms with van der Waals surface area (Å²) in [5.41, 5.74) is 0.999. The Labute approximate surface area is 158 Å². The first-order valence-corrected chi connectivity index (χ1v) is 9.29. The number of aromatic nitrogens is 1. The molecule has 1 aliphatic heterocycles. The number of nitrogens with zero attached hydrogens (tertiary/aromatic N) is 2. The molecule has 2 aromatic rings. The molecule has 0 bridgehead atoms. The van der Waals surface area contributed by atoms with Crippen molar-refractivity contribution in [2.45, 2.75) is 19.4 Å². The normalized spacial score (nSPS) is 23.3. The third kappa shape index (κ3) is 3.94. The van der Waals surface area contributed by atoms with Crippen LogP contribution in [0.1, 0.15) is 18.4 Å². The van der Waals surface area contributed by atoms with Gasteiger partial charge in [-0.2, -0.15) is 0 Å². The number of nitrogens with one attached hydrogen (secondary N) is 1. The van der Waals surface area contributed by atoms with Crippen LogP contribution in [-0.2, 0) is 16.1 Å². The Kier molecular flexibility index (Phi) is 4.79. The Hall–Kier alpha value is -2.89. The van der Waals surface area contributed by atoms with E-state index in [1.165, 1.54) is 0 Å². The van der Waals surface area contributed by atoms with Crippen LogP contribution >= 0.6 is 0 Å². The van der Waals surface area contributed by atoms with Crippen molar-refractivity contribution in [3.05, 3.63) is 60.4 Å². The number of hydrogen-bond acceptors (Lipinski definition) is 4. The summed E-state index contributed by atoms with van der Waals surface area (Å²) in [7, 11) is 0. The summed E-state index contributed by atoms with van der Waals surface area (Å²) in [6.07, 6.45) is 5.19. The zero-order chi connectivity index (χ0) is 18.7. The number of amides is 2. The number of likely N-dealkylation sites (tertiary alicyclic amines) is 1. The van der Waals surface area contributed by atoms with E-state index >= 15 is 0 Å². The molecule has 1 spiro atoms. The molecule has 0 unspecified atom stereocenters. The van der Waals surface area contributed by atoms with Crippen molar-refractivity contribution in [2.24, 2.45) is 11.3 Å². The van der Waals surface area contributed by atoms with Crippen molar-refractivity contribution >= 4 is 11.8 Å². The van der Waals surface area contributed by atoms with Crippen molar-refractivity contribution in [3.63, 3.8) is 0 Å². The van der Waals surface area contributed by atoms with E-state index in [9.17, 15) is 9.59 Å². The quantitative estimate of drug-likeness (QED) is 0.850. The molecular formula is C21H23N3O3. The van der Waals surface area contributed by atoms with E-state index in [2.05, 4.69) is 10.3 Å². The molecule has 140 valence electrons. The number of rotatable bonds is 6. The lowest BCUT2D eigenvalue weighted by Gasteiger charge is -2.17. The fraction of sp³-hybridized carbons (Fsp3) is 0.381. The lowest BCUT2D eigenvalue weighted by molar-refractivity contribution is -0.132. The molecule has 1 aliphatic carbocycles. The van der Waals surface area contributed by atoms with Crippen LogP contribution in [0.4, 0.5) is 0 Å². The van der Waals surface area contributed by atoms with Gasteiger partial charge in [-0.1, -0.05) is 18.2 Å². The van der Waals surface area contributed by atoms with Gasteiger partial charge in [0.25, 0.3) is 5.91 Å². The van der Waals surface area contributed by atoms with Gasteiger partial charge in [-0.05, 0) is 42.7 Å². The Balaban J connectivity index is 1.24. The lowest BCUT2D eigenvalue weighted by atomic mass is 10.0. The van der Waals surface area contributed by atoms with Crippen molar-refractivity contribution in [2.75, 3.05) is 19.7 Å². The van der Waals surface area contributed by atoms with Crippen LogP contribution in [0, 0.1) is 11.3 Å². The standard InChI is InChI=1S/C21H23N3O3/c25-19(14-27-17-4-2-1-3-5-17)24-11-8-21(15-24)12-18(21)20(26)23-13-16-6-9-22-10-7-16/h1-7,9-10,18H,8,11-15H2,(H,23,26)/t18-,21-/m1/s1. The zero-order valence-corrected chi connectivity index (χ0v) is 15.1. The maximum atomic E-state index is 12.5. The Morgan fingerprint density at radius 2 is 1.96 bits per heavy atom. The molecule has 1 saturated carbocycles. The summed E-state index contributed by atoms with van der Waals surface area (Å²) < 4.78 is 5.56. The highest BCUT2D eigenvalue weighted by molar-refractivity contribution is 5.84. The van der Waals surface area contributed by atoms with E-state index in [1.807, 2.05) is 47.4 Å². The number of hydrogen-bond donors (Lipinski definition) is 1. The highest BCUT2D eigenvalue weighted by Gasteiger charge is 2.61. The van der Waals surface area contributed by atoms with E-state index in [0.717, 1.165) is 18.4 Å². The number of pyridine rings is 1. The van der Waals surface area contributed by atoms with Gasteiger partial charge in [0, 0.05) is 43.4 Å². The summed E-state index contributed by atoms with van der Waals surface area (Å²) in [6.45, 7) is 1.91. The Morgan fingerprint density at radius 3 is 2.74 bits per heavy atom. The average Bonchev–Trinajstić information content (AvgIpc) is 3.25. The van der Waals surface area contributed by atoms with Gasteiger partial charge in [0.1, 0.15) is 5.75 Å². The highest BCUT2D eigenvalue weighted by atomic mass is 16.5. The van der Waals surface area contributed by atoms with E-state index in [0.29, 0.717) is 25.4 Å². The molecule has 2 amide bonds. The second kappa shape index (κ2) is 7.39. The molecule has 6 nitrogen and oxygen atoms in total. The van der Waals surface area contributed by atoms with Gasteiger partial charge in [0.2, 0.25) is 5.91 Å². The molecule has 2 heterocycles. The fourth-order valence-electron chi connectivity index (χ4n) is 3.84. The molecule has 27 heavy (non-hydrogen) atoms. The third-order valence-corrected chi connectivity index (χ3v) is 5.57. The van der Waals surface area contributed by atoms with Crippen LogP contribution in [0.5, 0.6) is 5.75 Å². The van der Waals surface area contributed by atoms with Crippen LogP contribution in [0.25, 0.3) is 0 Å². The second-order valence-corrected chi connectivity index (χ2v) is 7.36. The molecule has 2 atom stereocenters. The molecular weight excluding hydrogens is 342 g/mol. The Bertz CT molecular complexity index is 756. The summed E-state index contributed by atoms with van der Waals surface area (Å²) in [4.78, 5) is 30.7. The minimum atomic E-state index is -0.0370. The highest BCUT2D eigenvalue weighted by Crippen LogP contribution is 2.58. The first-order chi connectivity index (χ1) is 13.2. The van der Waals surface area contributed by atoms with Gasteiger partial charge in [0.15, 0.2) is 6.61 Å². The van der Waals surface area contributed by atoms with Crippen LogP contribution in [0.3, 0.4) is 0 Å². The predicted molar refractivity (Wildman–Crippen MR) is 99.8 cm³/mol. The van der Waals surface area contributed by atoms with E-state index in [4.69, 9.17) is 4.74 Å². The second-order valence-electron chi connectivity index (χ2n) is 7.36. The van der Waals surface area contributed by atoms with Gasteiger partial charge in [-0.25, -0.2) is 0 Å². The van der Waals surface area contributed by atoms with Crippen LogP contribution in [-0.4, -0.2) is 41.4 Å². The van der Waals surface area contributed by atoms with E-state index < -0.39 is 0 Å². The maximum Gasteiger partial charge on any atom is 0.260 e. The van der Waals surface area contributed by atoms with Gasteiger partial charge in [-0.3, -0.25) is 14.6 Å². The van der Waals surface area contributed by atoms with E-state index in [1.54, 1.807) is 12.4 Å². The average molecular weight is 365 g/mol. The number of carbonyl (C=O) groups is 2. The topological polar surface area (TPSA) is 71.5 Å². The first kappa shape index (κ1) is 17.5. The molecule has 1 aromatic heterocycles. The largest absolute Gasteiger partial charge is 0.484 e. The minimum absolute atomic E-state index is 0.00665. The summed E-state index contributed by atoms with van der Waals surface area (Å²) in [6, 6.07) is 13.1. The summed E-state index contributed by atoms with van der Waals surface area (Å²) >= 11 is 0. The zero-order valence-electron chi connectivity index (χ0n) is 15.1. The number of benzene rings is 1. The van der Waals surface area contributed by atoms with Gasteiger partial charge in [-0.15, -0.1) is 0 Å². The number of para-hydroxylation sites is 1. The van der Waals surface area contributed by atoms with Crippen molar-refractivity contribution in [1.29, 1.82) is 0 Å². The molecule has 2 aliphatic rings. The summed E-state index contributed by atoms with van der Waals surface area (Å²) in [5.74, 6) is 0.770. The fourth-order valence-corrected chi connectivity index (χ4v) is 3.84. The number of ether oxygens (including phenoxy) is 1. The van der Waals surface area contributed by atoms with Gasteiger partial charge >= 0.3 is 0 Å². The molecule has 1 aromatic carbocycles. The molecule has 6 heteroatoms. The van der Waals surface area contributed by atoms with E-state index in [-0.39, 0.29) is 29.8 Å². The van der Waals surface area contributed by atoms with Gasteiger partial charge < -0.3 is 15.0 Å². The Morgan fingerprint density at radius 1 is 1.19 bits per heavy atom. The predicted octanol–water partition coefficient (Wildman–Crippen LogP) is 2.02. The van der Waals surface area contributed by atoms with Gasteiger partial charge in [0.05, 0.1) is 0 Å². The first-order valence-electron chi connectivity index (χ1n) is 9.29. The van der Waals surface area contributed by atoms with Crippen LogP contribution in [0.2, 0.25) is 0 Å². The molecule has 4 rings (SSSR count). The molecule has 1 saturated heterocycles. The third-order valence-electron chi connectivity index (χ3n) is 5.57. The maximum absolute atomic E-state index is 12.5. The van der Waals surface area contributed by atoms with Crippen LogP contribution < -0.4 is 10.1 Å². The molecule has 2 fully saturated rings. The number of carbonyl (C=O) groups excluding carboxylic acids is 2. The minimum Gasteiger partial charge on any atom is -0.484 e. The SMILES string of the molecule is O=C(NCc1ccncc1)[C@H]1C[C@@]12CCN(C(=O)COc1ccccc1)C2.